The van der Waals surface area contributed by atoms with Crippen molar-refractivity contribution in [2.75, 3.05) is 20.3 Å². The second kappa shape index (κ2) is 8.11. The van der Waals surface area contributed by atoms with Crippen LogP contribution >= 0.6 is 0 Å². The summed E-state index contributed by atoms with van der Waals surface area (Å²) in [6, 6.07) is 8.63. The van der Waals surface area contributed by atoms with Crippen LogP contribution in [0.15, 0.2) is 24.3 Å². The molecule has 18 heavy (non-hydrogen) atoms. The molecule has 0 heterocycles. The number of nitrogens with one attached hydrogen (secondary N) is 1. The van der Waals surface area contributed by atoms with Crippen molar-refractivity contribution < 1.29 is 9.47 Å². The van der Waals surface area contributed by atoms with E-state index in [0.29, 0.717) is 6.04 Å². The molecular weight excluding hydrogens is 226 g/mol. The predicted octanol–water partition coefficient (Wildman–Crippen LogP) is 3.16. The van der Waals surface area contributed by atoms with Gasteiger partial charge >= 0.3 is 0 Å². The predicted molar refractivity (Wildman–Crippen MR) is 75.1 cm³/mol. The SMILES string of the molecule is CC[C@@H](C)Oc1ccc([C@H](C)NCCOC)cc1. The van der Waals surface area contributed by atoms with Gasteiger partial charge in [-0.2, -0.15) is 0 Å². The van der Waals surface area contributed by atoms with Gasteiger partial charge in [-0.3, -0.25) is 0 Å². The van der Waals surface area contributed by atoms with Crippen molar-refractivity contribution in [1.82, 2.24) is 5.32 Å². The van der Waals surface area contributed by atoms with Gasteiger partial charge in [0, 0.05) is 19.7 Å². The zero-order valence-electron chi connectivity index (χ0n) is 11.9. The smallest absolute Gasteiger partial charge is 0.119 e. The van der Waals surface area contributed by atoms with E-state index in [-0.39, 0.29) is 6.10 Å². The number of methoxy groups -OCH3 is 1. The number of hydrogen-bond donors (Lipinski definition) is 1. The molecule has 0 aromatic heterocycles. The summed E-state index contributed by atoms with van der Waals surface area (Å²) in [5.41, 5.74) is 1.27. The first-order valence-corrected chi connectivity index (χ1v) is 6.66. The third kappa shape index (κ3) is 5.07. The van der Waals surface area contributed by atoms with Gasteiger partial charge in [-0.05, 0) is 38.0 Å². The fourth-order valence-electron chi connectivity index (χ4n) is 1.65. The molecule has 2 atom stereocenters. The van der Waals surface area contributed by atoms with Crippen molar-refractivity contribution >= 4 is 0 Å². The van der Waals surface area contributed by atoms with Crippen molar-refractivity contribution in [2.45, 2.75) is 39.3 Å². The van der Waals surface area contributed by atoms with Crippen LogP contribution in [0.25, 0.3) is 0 Å². The molecule has 0 aliphatic carbocycles. The summed E-state index contributed by atoms with van der Waals surface area (Å²) in [6.07, 6.45) is 1.30. The van der Waals surface area contributed by atoms with Gasteiger partial charge in [-0.1, -0.05) is 19.1 Å². The number of benzene rings is 1. The Kier molecular flexibility index (Phi) is 6.76. The molecule has 0 amide bonds. The standard InChI is InChI=1S/C15H25NO2/c1-5-12(2)18-15-8-6-14(7-9-15)13(3)16-10-11-17-4/h6-9,12-13,16H,5,10-11H2,1-4H3/t12-,13+/m1/s1. The first kappa shape index (κ1) is 15.0. The van der Waals surface area contributed by atoms with Crippen LogP contribution in [-0.4, -0.2) is 26.4 Å². The minimum atomic E-state index is 0.271. The van der Waals surface area contributed by atoms with Crippen LogP contribution in [0.4, 0.5) is 0 Å². The maximum atomic E-state index is 5.76. The molecule has 0 fully saturated rings. The quantitative estimate of drug-likeness (QED) is 0.720. The number of hydrogen-bond acceptors (Lipinski definition) is 3. The summed E-state index contributed by atoms with van der Waals surface area (Å²) in [7, 11) is 1.72. The lowest BCUT2D eigenvalue weighted by molar-refractivity contribution is 0.196. The highest BCUT2D eigenvalue weighted by molar-refractivity contribution is 5.29. The van der Waals surface area contributed by atoms with Crippen LogP contribution < -0.4 is 10.1 Å². The van der Waals surface area contributed by atoms with Gasteiger partial charge in [0.2, 0.25) is 0 Å². The van der Waals surface area contributed by atoms with Crippen molar-refractivity contribution in [3.05, 3.63) is 29.8 Å². The fourth-order valence-corrected chi connectivity index (χ4v) is 1.65. The zero-order chi connectivity index (χ0) is 13.4. The first-order valence-electron chi connectivity index (χ1n) is 6.66. The van der Waals surface area contributed by atoms with E-state index >= 15 is 0 Å². The highest BCUT2D eigenvalue weighted by Crippen LogP contribution is 2.18. The van der Waals surface area contributed by atoms with Gasteiger partial charge in [0.15, 0.2) is 0 Å². The largest absolute Gasteiger partial charge is 0.491 e. The Morgan fingerprint density at radius 3 is 2.39 bits per heavy atom. The van der Waals surface area contributed by atoms with Crippen LogP contribution in [0.1, 0.15) is 38.8 Å². The zero-order valence-corrected chi connectivity index (χ0v) is 11.9. The second-order valence-electron chi connectivity index (χ2n) is 4.57. The van der Waals surface area contributed by atoms with Crippen LogP contribution in [0, 0.1) is 0 Å². The maximum absolute atomic E-state index is 5.76. The molecule has 3 heteroatoms. The van der Waals surface area contributed by atoms with Gasteiger partial charge < -0.3 is 14.8 Å². The van der Waals surface area contributed by atoms with E-state index in [1.54, 1.807) is 7.11 Å². The Morgan fingerprint density at radius 1 is 1.17 bits per heavy atom. The van der Waals surface area contributed by atoms with Gasteiger partial charge in [0.05, 0.1) is 12.7 Å². The average molecular weight is 251 g/mol. The van der Waals surface area contributed by atoms with E-state index in [2.05, 4.69) is 38.2 Å². The molecule has 0 saturated heterocycles. The van der Waals surface area contributed by atoms with E-state index in [1.807, 2.05) is 12.1 Å². The molecule has 0 saturated carbocycles. The number of rotatable bonds is 8. The number of ether oxygens (including phenoxy) is 2. The van der Waals surface area contributed by atoms with E-state index in [9.17, 15) is 0 Å². The summed E-state index contributed by atoms with van der Waals surface area (Å²) < 4.78 is 10.8. The molecule has 0 radical (unpaired) electrons. The van der Waals surface area contributed by atoms with Crippen molar-refractivity contribution in [1.29, 1.82) is 0 Å². The highest BCUT2D eigenvalue weighted by atomic mass is 16.5. The topological polar surface area (TPSA) is 30.5 Å². The van der Waals surface area contributed by atoms with Crippen LogP contribution in [0.5, 0.6) is 5.75 Å². The van der Waals surface area contributed by atoms with Gasteiger partial charge in [-0.25, -0.2) is 0 Å². The Balaban J connectivity index is 2.48. The lowest BCUT2D eigenvalue weighted by atomic mass is 10.1. The Labute approximate surface area is 110 Å². The molecule has 1 aromatic rings. The maximum Gasteiger partial charge on any atom is 0.119 e. The Bertz CT molecular complexity index is 324. The molecule has 0 aliphatic heterocycles. The monoisotopic (exact) mass is 251 g/mol. The summed E-state index contributed by atoms with van der Waals surface area (Å²) in [5, 5.41) is 3.41. The van der Waals surface area contributed by atoms with Crippen molar-refractivity contribution in [3.8, 4) is 5.75 Å². The minimum Gasteiger partial charge on any atom is -0.491 e. The van der Waals surface area contributed by atoms with Crippen molar-refractivity contribution in [2.24, 2.45) is 0 Å². The minimum absolute atomic E-state index is 0.271. The second-order valence-corrected chi connectivity index (χ2v) is 4.57. The molecule has 0 aliphatic rings. The molecule has 0 spiro atoms. The summed E-state index contributed by atoms with van der Waals surface area (Å²) in [5.74, 6) is 0.942. The molecular formula is C15H25NO2. The molecule has 1 aromatic carbocycles. The fraction of sp³-hybridized carbons (Fsp3) is 0.600. The van der Waals surface area contributed by atoms with E-state index in [1.165, 1.54) is 5.56 Å². The van der Waals surface area contributed by atoms with E-state index in [0.717, 1.165) is 25.3 Å². The molecule has 0 unspecified atom stereocenters. The molecule has 102 valence electrons. The lowest BCUT2D eigenvalue weighted by Crippen LogP contribution is -2.22. The molecule has 1 rings (SSSR count). The third-order valence-corrected chi connectivity index (χ3v) is 3.05. The molecule has 3 nitrogen and oxygen atoms in total. The summed E-state index contributed by atoms with van der Waals surface area (Å²) in [6.45, 7) is 7.96. The first-order chi connectivity index (χ1) is 8.67. The van der Waals surface area contributed by atoms with Gasteiger partial charge in [0.25, 0.3) is 0 Å². The Hall–Kier alpha value is -1.06. The van der Waals surface area contributed by atoms with Gasteiger partial charge in [0.1, 0.15) is 5.75 Å². The average Bonchev–Trinajstić information content (AvgIpc) is 2.39. The third-order valence-electron chi connectivity index (χ3n) is 3.05. The highest BCUT2D eigenvalue weighted by Gasteiger charge is 2.05. The lowest BCUT2D eigenvalue weighted by Gasteiger charge is -2.16. The molecule has 0 bridgehead atoms. The van der Waals surface area contributed by atoms with Crippen LogP contribution in [0.2, 0.25) is 0 Å². The normalized spacial score (nSPS) is 14.2. The van der Waals surface area contributed by atoms with Gasteiger partial charge in [-0.15, -0.1) is 0 Å². The molecule has 1 N–H and O–H groups in total. The Morgan fingerprint density at radius 2 is 1.83 bits per heavy atom. The van der Waals surface area contributed by atoms with Crippen LogP contribution in [-0.2, 0) is 4.74 Å². The summed E-state index contributed by atoms with van der Waals surface area (Å²) in [4.78, 5) is 0. The summed E-state index contributed by atoms with van der Waals surface area (Å²) >= 11 is 0. The van der Waals surface area contributed by atoms with E-state index in [4.69, 9.17) is 9.47 Å². The van der Waals surface area contributed by atoms with Crippen molar-refractivity contribution in [3.63, 3.8) is 0 Å². The van der Waals surface area contributed by atoms with E-state index < -0.39 is 0 Å². The van der Waals surface area contributed by atoms with Crippen LogP contribution in [0.3, 0.4) is 0 Å².